The zero-order valence-corrected chi connectivity index (χ0v) is 11.4. The summed E-state index contributed by atoms with van der Waals surface area (Å²) in [4.78, 5) is 1.62. The summed E-state index contributed by atoms with van der Waals surface area (Å²) in [5.74, 6) is 0.757. The van der Waals surface area contributed by atoms with Crippen LogP contribution in [0.4, 0.5) is 0 Å². The minimum absolute atomic E-state index is 0.621. The Hall–Kier alpha value is -0.380. The van der Waals surface area contributed by atoms with Crippen LogP contribution in [0.25, 0.3) is 0 Å². The van der Waals surface area contributed by atoms with Gasteiger partial charge in [0.25, 0.3) is 0 Å². The standard InChI is InChI=1S/C14H22N2S/c1-10-9-15-7-5-12(10)16-13-3-2-4-14-11(13)6-8-17-14/h6,8,10,12-13,15-16H,2-5,7,9H2,1H3. The summed E-state index contributed by atoms with van der Waals surface area (Å²) in [5, 5.41) is 9.65. The Kier molecular flexibility index (Phi) is 3.50. The van der Waals surface area contributed by atoms with Crippen molar-refractivity contribution in [3.05, 3.63) is 21.9 Å². The van der Waals surface area contributed by atoms with E-state index >= 15 is 0 Å². The zero-order chi connectivity index (χ0) is 11.7. The Balaban J connectivity index is 1.70. The summed E-state index contributed by atoms with van der Waals surface area (Å²) in [7, 11) is 0. The van der Waals surface area contributed by atoms with Gasteiger partial charge in [0.1, 0.15) is 0 Å². The van der Waals surface area contributed by atoms with Gasteiger partial charge in [0.2, 0.25) is 0 Å². The van der Waals surface area contributed by atoms with E-state index in [-0.39, 0.29) is 0 Å². The number of nitrogens with one attached hydrogen (secondary N) is 2. The van der Waals surface area contributed by atoms with Crippen LogP contribution in [0.5, 0.6) is 0 Å². The van der Waals surface area contributed by atoms with E-state index in [1.807, 2.05) is 11.3 Å². The topological polar surface area (TPSA) is 24.1 Å². The number of aryl methyl sites for hydroxylation is 1. The quantitative estimate of drug-likeness (QED) is 0.843. The van der Waals surface area contributed by atoms with Crippen LogP contribution in [-0.4, -0.2) is 19.1 Å². The number of hydrogen-bond donors (Lipinski definition) is 2. The van der Waals surface area contributed by atoms with E-state index in [0.29, 0.717) is 12.1 Å². The van der Waals surface area contributed by atoms with Crippen molar-refractivity contribution in [3.63, 3.8) is 0 Å². The molecule has 0 amide bonds. The second-order valence-electron chi connectivity index (χ2n) is 5.49. The van der Waals surface area contributed by atoms with Crippen molar-refractivity contribution in [2.24, 2.45) is 5.92 Å². The molecule has 1 aromatic rings. The molecular weight excluding hydrogens is 228 g/mol. The van der Waals surface area contributed by atoms with E-state index < -0.39 is 0 Å². The summed E-state index contributed by atoms with van der Waals surface area (Å²) >= 11 is 1.94. The predicted molar refractivity (Wildman–Crippen MR) is 73.6 cm³/mol. The maximum Gasteiger partial charge on any atom is 0.0333 e. The van der Waals surface area contributed by atoms with Gasteiger partial charge in [-0.05, 0) is 61.7 Å². The molecule has 0 saturated carbocycles. The fraction of sp³-hybridized carbons (Fsp3) is 0.714. The lowest BCUT2D eigenvalue weighted by atomic mass is 9.89. The smallest absolute Gasteiger partial charge is 0.0333 e. The van der Waals surface area contributed by atoms with Crippen LogP contribution in [0.3, 0.4) is 0 Å². The fourth-order valence-corrected chi connectivity index (χ4v) is 4.17. The first-order valence-electron chi connectivity index (χ1n) is 6.87. The summed E-state index contributed by atoms with van der Waals surface area (Å²) in [6, 6.07) is 3.66. The van der Waals surface area contributed by atoms with Crippen LogP contribution in [0.15, 0.2) is 11.4 Å². The molecule has 0 bridgehead atoms. The van der Waals surface area contributed by atoms with Gasteiger partial charge >= 0.3 is 0 Å². The van der Waals surface area contributed by atoms with Gasteiger partial charge in [0, 0.05) is 17.0 Å². The van der Waals surface area contributed by atoms with Crippen molar-refractivity contribution in [2.75, 3.05) is 13.1 Å². The van der Waals surface area contributed by atoms with E-state index in [9.17, 15) is 0 Å². The molecule has 94 valence electrons. The Bertz CT molecular complexity index is 374. The molecule has 0 spiro atoms. The summed E-state index contributed by atoms with van der Waals surface area (Å²) in [5.41, 5.74) is 1.59. The number of fused-ring (bicyclic) bond motifs is 1. The molecule has 1 fully saturated rings. The van der Waals surface area contributed by atoms with Gasteiger partial charge in [0.15, 0.2) is 0 Å². The van der Waals surface area contributed by atoms with Crippen molar-refractivity contribution in [3.8, 4) is 0 Å². The number of thiophene rings is 1. The maximum atomic E-state index is 3.92. The molecule has 3 rings (SSSR count). The fourth-order valence-electron chi connectivity index (χ4n) is 3.18. The third kappa shape index (κ3) is 2.42. The highest BCUT2D eigenvalue weighted by atomic mass is 32.1. The third-order valence-corrected chi connectivity index (χ3v) is 5.25. The molecule has 17 heavy (non-hydrogen) atoms. The summed E-state index contributed by atoms with van der Waals surface area (Å²) < 4.78 is 0. The van der Waals surface area contributed by atoms with Crippen LogP contribution >= 0.6 is 11.3 Å². The lowest BCUT2D eigenvalue weighted by Gasteiger charge is -2.35. The number of hydrogen-bond acceptors (Lipinski definition) is 3. The van der Waals surface area contributed by atoms with Crippen molar-refractivity contribution >= 4 is 11.3 Å². The van der Waals surface area contributed by atoms with Crippen LogP contribution in [0.1, 0.15) is 42.7 Å². The van der Waals surface area contributed by atoms with E-state index in [4.69, 9.17) is 0 Å². The molecule has 1 aliphatic carbocycles. The molecule has 0 radical (unpaired) electrons. The van der Waals surface area contributed by atoms with Crippen molar-refractivity contribution in [2.45, 2.75) is 44.7 Å². The maximum absolute atomic E-state index is 3.92. The van der Waals surface area contributed by atoms with Crippen LogP contribution in [-0.2, 0) is 6.42 Å². The normalized spacial score (nSPS) is 33.4. The monoisotopic (exact) mass is 250 g/mol. The van der Waals surface area contributed by atoms with Crippen molar-refractivity contribution in [1.29, 1.82) is 0 Å². The average molecular weight is 250 g/mol. The molecule has 2 aliphatic rings. The van der Waals surface area contributed by atoms with E-state index in [1.165, 1.54) is 38.8 Å². The SMILES string of the molecule is CC1CNCCC1NC1CCCc2sccc21. The first-order chi connectivity index (χ1) is 8.34. The third-order valence-electron chi connectivity index (χ3n) is 4.25. The van der Waals surface area contributed by atoms with Crippen molar-refractivity contribution < 1.29 is 0 Å². The van der Waals surface area contributed by atoms with E-state index in [2.05, 4.69) is 29.0 Å². The van der Waals surface area contributed by atoms with Gasteiger partial charge in [-0.3, -0.25) is 0 Å². The molecule has 2 heterocycles. The minimum Gasteiger partial charge on any atom is -0.316 e. The molecule has 3 unspecified atom stereocenters. The molecular formula is C14H22N2S. The first-order valence-corrected chi connectivity index (χ1v) is 7.75. The first kappa shape index (κ1) is 11.7. The second-order valence-corrected chi connectivity index (χ2v) is 6.49. The molecule has 2 nitrogen and oxygen atoms in total. The molecule has 2 N–H and O–H groups in total. The van der Waals surface area contributed by atoms with Crippen LogP contribution in [0, 0.1) is 5.92 Å². The highest BCUT2D eigenvalue weighted by molar-refractivity contribution is 7.10. The summed E-state index contributed by atoms with van der Waals surface area (Å²) in [6.45, 7) is 4.70. The highest BCUT2D eigenvalue weighted by Gasteiger charge is 2.27. The number of rotatable bonds is 2. The lowest BCUT2D eigenvalue weighted by Crippen LogP contribution is -2.47. The van der Waals surface area contributed by atoms with Crippen LogP contribution < -0.4 is 10.6 Å². The predicted octanol–water partition coefficient (Wildman–Crippen LogP) is 2.71. The molecule has 3 atom stereocenters. The average Bonchev–Trinajstić information content (AvgIpc) is 2.81. The van der Waals surface area contributed by atoms with E-state index in [1.54, 1.807) is 10.4 Å². The van der Waals surface area contributed by atoms with Gasteiger partial charge in [-0.1, -0.05) is 6.92 Å². The van der Waals surface area contributed by atoms with Gasteiger partial charge < -0.3 is 10.6 Å². The van der Waals surface area contributed by atoms with Gasteiger partial charge in [-0.2, -0.15) is 0 Å². The lowest BCUT2D eigenvalue weighted by molar-refractivity contribution is 0.263. The highest BCUT2D eigenvalue weighted by Crippen LogP contribution is 2.34. The van der Waals surface area contributed by atoms with E-state index in [0.717, 1.165) is 5.92 Å². The van der Waals surface area contributed by atoms with Crippen molar-refractivity contribution in [1.82, 2.24) is 10.6 Å². The Morgan fingerprint density at radius 1 is 1.41 bits per heavy atom. The Labute approximate surface area is 108 Å². The van der Waals surface area contributed by atoms with Gasteiger partial charge in [-0.15, -0.1) is 11.3 Å². The molecule has 1 aliphatic heterocycles. The molecule has 1 aromatic heterocycles. The van der Waals surface area contributed by atoms with Gasteiger partial charge in [0.05, 0.1) is 0 Å². The molecule has 0 aromatic carbocycles. The largest absolute Gasteiger partial charge is 0.316 e. The number of piperidine rings is 1. The molecule has 3 heteroatoms. The van der Waals surface area contributed by atoms with Crippen LogP contribution in [0.2, 0.25) is 0 Å². The Morgan fingerprint density at radius 2 is 2.35 bits per heavy atom. The summed E-state index contributed by atoms with van der Waals surface area (Å²) in [6.07, 6.45) is 5.25. The van der Waals surface area contributed by atoms with Gasteiger partial charge in [-0.25, -0.2) is 0 Å². The minimum atomic E-state index is 0.621. The Morgan fingerprint density at radius 3 is 3.24 bits per heavy atom. The molecule has 1 saturated heterocycles. The second kappa shape index (κ2) is 5.09. The zero-order valence-electron chi connectivity index (χ0n) is 10.5.